The first kappa shape index (κ1) is 30.2. The quantitative estimate of drug-likeness (QED) is 0.182. The minimum atomic E-state index is -0.00530. The molecule has 3 aliphatic rings. The second kappa shape index (κ2) is 14.7. The van der Waals surface area contributed by atoms with Crippen molar-refractivity contribution in [1.29, 1.82) is 0 Å². The molecule has 0 aromatic rings. The van der Waals surface area contributed by atoms with E-state index < -0.39 is 0 Å². The Morgan fingerprint density at radius 1 is 1.03 bits per heavy atom. The molecule has 0 unspecified atom stereocenters. The molecule has 0 aliphatic heterocycles. The number of fused-ring (bicyclic) bond motifs is 1. The molecule has 5 atom stereocenters. The summed E-state index contributed by atoms with van der Waals surface area (Å²) in [6.07, 6.45) is 24.8. The smallest absolute Gasteiger partial charge is 0.306 e. The number of carbonyl (C=O) groups is 1. The predicted molar refractivity (Wildman–Crippen MR) is 158 cm³/mol. The van der Waals surface area contributed by atoms with E-state index in [1.165, 1.54) is 81.8 Å². The Kier molecular flexibility index (Phi) is 12.0. The van der Waals surface area contributed by atoms with E-state index in [9.17, 15) is 4.79 Å². The summed E-state index contributed by atoms with van der Waals surface area (Å²) in [5.74, 6) is 3.27. The zero-order valence-electron chi connectivity index (χ0n) is 25.1. The van der Waals surface area contributed by atoms with E-state index in [1.807, 2.05) is 0 Å². The Labute approximate surface area is 229 Å². The maximum atomic E-state index is 12.4. The maximum absolute atomic E-state index is 12.4. The molecule has 0 bridgehead atoms. The summed E-state index contributed by atoms with van der Waals surface area (Å²) in [5.41, 5.74) is 4.70. The molecule has 0 aromatic carbocycles. The lowest BCUT2D eigenvalue weighted by atomic mass is 9.60. The van der Waals surface area contributed by atoms with E-state index in [0.29, 0.717) is 11.8 Å². The van der Waals surface area contributed by atoms with E-state index in [-0.39, 0.29) is 12.1 Å². The van der Waals surface area contributed by atoms with Crippen molar-refractivity contribution in [2.24, 2.45) is 29.1 Å². The fourth-order valence-corrected chi connectivity index (χ4v) is 7.86. The third kappa shape index (κ3) is 8.59. The monoisotopic (exact) mass is 510 g/mol. The Morgan fingerprint density at radius 3 is 2.57 bits per heavy atom. The first-order chi connectivity index (χ1) is 17.7. The molecular formula is C35H58O2. The summed E-state index contributed by atoms with van der Waals surface area (Å²) in [6, 6.07) is 0. The van der Waals surface area contributed by atoms with Crippen LogP contribution in [0, 0.1) is 29.1 Å². The van der Waals surface area contributed by atoms with Crippen LogP contribution in [0.25, 0.3) is 0 Å². The van der Waals surface area contributed by atoms with Crippen molar-refractivity contribution in [3.63, 3.8) is 0 Å². The van der Waals surface area contributed by atoms with Gasteiger partial charge in [0.15, 0.2) is 0 Å². The number of carbonyl (C=O) groups excluding carboxylic acids is 1. The Bertz CT molecular complexity index is 802. The van der Waals surface area contributed by atoms with Gasteiger partial charge in [0.2, 0.25) is 0 Å². The van der Waals surface area contributed by atoms with Gasteiger partial charge >= 0.3 is 5.97 Å². The van der Waals surface area contributed by atoms with Gasteiger partial charge in [-0.05, 0) is 86.0 Å². The lowest BCUT2D eigenvalue weighted by molar-refractivity contribution is -0.149. The lowest BCUT2D eigenvalue weighted by Crippen LogP contribution is -2.36. The summed E-state index contributed by atoms with van der Waals surface area (Å²) >= 11 is 0. The first-order valence-electron chi connectivity index (χ1n) is 16.0. The first-order valence-corrected chi connectivity index (χ1v) is 16.0. The van der Waals surface area contributed by atoms with E-state index in [0.717, 1.165) is 55.8 Å². The summed E-state index contributed by atoms with van der Waals surface area (Å²) in [6.45, 7) is 16.5. The molecule has 37 heavy (non-hydrogen) atoms. The molecule has 3 aliphatic carbocycles. The highest BCUT2D eigenvalue weighted by Crippen LogP contribution is 2.60. The third-order valence-electron chi connectivity index (χ3n) is 10.1. The van der Waals surface area contributed by atoms with Gasteiger partial charge in [0.05, 0.1) is 0 Å². The summed E-state index contributed by atoms with van der Waals surface area (Å²) in [5, 5.41) is 0. The van der Waals surface area contributed by atoms with Crippen LogP contribution in [0.5, 0.6) is 0 Å². The van der Waals surface area contributed by atoms with Crippen molar-refractivity contribution in [2.45, 2.75) is 150 Å². The van der Waals surface area contributed by atoms with Crippen LogP contribution in [-0.4, -0.2) is 12.1 Å². The van der Waals surface area contributed by atoms with Gasteiger partial charge in [-0.1, -0.05) is 109 Å². The molecule has 2 nitrogen and oxygen atoms in total. The third-order valence-corrected chi connectivity index (χ3v) is 10.1. The molecule has 0 amide bonds. The van der Waals surface area contributed by atoms with Crippen LogP contribution in [0.1, 0.15) is 144 Å². The number of rotatable bonds is 13. The highest BCUT2D eigenvalue weighted by molar-refractivity contribution is 5.69. The molecule has 3 saturated carbocycles. The van der Waals surface area contributed by atoms with E-state index >= 15 is 0 Å². The van der Waals surface area contributed by atoms with Gasteiger partial charge in [0.1, 0.15) is 6.10 Å². The molecule has 210 valence electrons. The minimum Gasteiger partial charge on any atom is -0.462 e. The summed E-state index contributed by atoms with van der Waals surface area (Å²) < 4.78 is 5.90. The van der Waals surface area contributed by atoms with Crippen LogP contribution in [0.4, 0.5) is 0 Å². The normalized spacial score (nSPS) is 31.2. The van der Waals surface area contributed by atoms with Crippen molar-refractivity contribution in [3.05, 3.63) is 35.5 Å². The van der Waals surface area contributed by atoms with Crippen molar-refractivity contribution in [2.75, 3.05) is 0 Å². The molecular weight excluding hydrogens is 452 g/mol. The molecule has 0 aromatic heterocycles. The maximum Gasteiger partial charge on any atom is 0.306 e. The van der Waals surface area contributed by atoms with Crippen LogP contribution >= 0.6 is 0 Å². The van der Waals surface area contributed by atoms with E-state index in [4.69, 9.17) is 4.74 Å². The highest BCUT2D eigenvalue weighted by atomic mass is 16.5. The highest BCUT2D eigenvalue weighted by Gasteiger charge is 2.50. The molecule has 0 spiro atoms. The van der Waals surface area contributed by atoms with E-state index in [1.54, 1.807) is 5.57 Å². The van der Waals surface area contributed by atoms with Gasteiger partial charge in [-0.25, -0.2) is 0 Å². The predicted octanol–water partition coefficient (Wildman–Crippen LogP) is 10.5. The van der Waals surface area contributed by atoms with Gasteiger partial charge in [-0.15, -0.1) is 0 Å². The molecule has 3 rings (SSSR count). The summed E-state index contributed by atoms with van der Waals surface area (Å²) in [7, 11) is 0. The van der Waals surface area contributed by atoms with Gasteiger partial charge < -0.3 is 4.74 Å². The topological polar surface area (TPSA) is 26.3 Å². The zero-order chi connectivity index (χ0) is 26.8. The molecule has 0 N–H and O–H groups in total. The van der Waals surface area contributed by atoms with Gasteiger partial charge in [-0.2, -0.15) is 0 Å². The molecule has 0 heterocycles. The minimum absolute atomic E-state index is 0.00530. The van der Waals surface area contributed by atoms with Crippen LogP contribution in [0.2, 0.25) is 0 Å². The van der Waals surface area contributed by atoms with Gasteiger partial charge in [0.25, 0.3) is 0 Å². The number of ether oxygens (including phenoxy) is 1. The number of allylic oxidation sites excluding steroid dienone is 4. The van der Waals surface area contributed by atoms with Crippen LogP contribution in [0.15, 0.2) is 35.5 Å². The molecule has 2 heteroatoms. The van der Waals surface area contributed by atoms with Crippen LogP contribution in [0.3, 0.4) is 0 Å². The SMILES string of the molecule is C=C1CC[C@H](OC(=O)CCCCCCC)C/C1=C/C=C1\CCC[C@]2(C)[C@@H]([C@H](C)CCCC(C)C)CC[C@@H]12. The van der Waals surface area contributed by atoms with Crippen molar-refractivity contribution in [1.82, 2.24) is 0 Å². The fourth-order valence-electron chi connectivity index (χ4n) is 7.86. The second-order valence-corrected chi connectivity index (χ2v) is 13.5. The number of unbranched alkanes of at least 4 members (excludes halogenated alkanes) is 4. The summed E-state index contributed by atoms with van der Waals surface area (Å²) in [4.78, 5) is 12.4. The molecule has 0 saturated heterocycles. The van der Waals surface area contributed by atoms with Crippen molar-refractivity contribution < 1.29 is 9.53 Å². The Balaban J connectivity index is 1.57. The van der Waals surface area contributed by atoms with Gasteiger partial charge in [0, 0.05) is 12.8 Å². The Hall–Kier alpha value is -1.31. The molecule has 3 fully saturated rings. The van der Waals surface area contributed by atoms with Crippen LogP contribution < -0.4 is 0 Å². The Morgan fingerprint density at radius 2 is 1.81 bits per heavy atom. The number of esters is 1. The standard InChI is InChI=1S/C35H58O2/c1-7-8-9-10-11-17-34(36)37-31-21-18-27(4)30(25-31)20-19-29-16-13-24-35(6)32(22-23-33(29)35)28(5)15-12-14-26(2)3/h19-20,26,28,31-33H,4,7-18,21-25H2,1-3,5-6H3/b29-19+,30-20-/t28-,31+,32-,33+,35-/m1/s1. The molecule has 0 radical (unpaired) electrons. The average Bonchev–Trinajstić information content (AvgIpc) is 3.21. The largest absolute Gasteiger partial charge is 0.462 e. The van der Waals surface area contributed by atoms with Crippen molar-refractivity contribution in [3.8, 4) is 0 Å². The average molecular weight is 511 g/mol. The lowest BCUT2D eigenvalue weighted by Gasteiger charge is -2.44. The fraction of sp³-hybridized carbons (Fsp3) is 0.800. The second-order valence-electron chi connectivity index (χ2n) is 13.5. The number of hydrogen-bond acceptors (Lipinski definition) is 2. The number of hydrogen-bond donors (Lipinski definition) is 0. The van der Waals surface area contributed by atoms with Gasteiger partial charge in [-0.3, -0.25) is 4.79 Å². The van der Waals surface area contributed by atoms with Crippen molar-refractivity contribution >= 4 is 5.97 Å². The zero-order valence-corrected chi connectivity index (χ0v) is 25.1. The van der Waals surface area contributed by atoms with E-state index in [2.05, 4.69) is 53.3 Å². The van der Waals surface area contributed by atoms with Crippen LogP contribution in [-0.2, 0) is 9.53 Å².